The molecule has 0 heterocycles. The van der Waals surface area contributed by atoms with Gasteiger partial charge in [0.1, 0.15) is 0 Å². The molecule has 102 valence electrons. The molecule has 1 saturated carbocycles. The molecule has 1 rings (SSSR count). The van der Waals surface area contributed by atoms with Crippen LogP contribution >= 0.6 is 0 Å². The van der Waals surface area contributed by atoms with Crippen molar-refractivity contribution < 1.29 is 0 Å². The average molecular weight is 239 g/mol. The fraction of sp³-hybridized carbons (Fsp3) is 1.00. The van der Waals surface area contributed by atoms with E-state index in [4.69, 9.17) is 5.73 Å². The monoisotopic (exact) mass is 239 g/mol. The minimum atomic E-state index is 0.483. The topological polar surface area (TPSA) is 26.0 Å². The van der Waals surface area contributed by atoms with Crippen molar-refractivity contribution in [2.75, 3.05) is 0 Å². The van der Waals surface area contributed by atoms with Crippen LogP contribution in [0.4, 0.5) is 0 Å². The Morgan fingerprint density at radius 2 is 1.76 bits per heavy atom. The molecule has 17 heavy (non-hydrogen) atoms. The van der Waals surface area contributed by atoms with Crippen molar-refractivity contribution >= 4 is 0 Å². The first-order valence-corrected chi connectivity index (χ1v) is 7.69. The largest absolute Gasteiger partial charge is 0.328 e. The second kappa shape index (κ2) is 6.22. The molecule has 0 bridgehead atoms. The highest BCUT2D eigenvalue weighted by molar-refractivity contribution is 4.86. The number of rotatable bonds is 6. The first-order valence-electron chi connectivity index (χ1n) is 7.69. The molecule has 0 saturated heterocycles. The Labute approximate surface area is 109 Å². The van der Waals surface area contributed by atoms with Crippen molar-refractivity contribution in [3.63, 3.8) is 0 Å². The quantitative estimate of drug-likeness (QED) is 0.701. The molecule has 0 radical (unpaired) electrons. The van der Waals surface area contributed by atoms with Crippen LogP contribution < -0.4 is 5.73 Å². The summed E-state index contributed by atoms with van der Waals surface area (Å²) in [6.45, 7) is 9.64. The average Bonchev–Trinajstić information content (AvgIpc) is 2.32. The Hall–Kier alpha value is -0.0400. The zero-order valence-corrected chi connectivity index (χ0v) is 12.5. The molecule has 0 aromatic carbocycles. The van der Waals surface area contributed by atoms with Gasteiger partial charge in [0.25, 0.3) is 0 Å². The number of hydrogen-bond donors (Lipinski definition) is 1. The molecular formula is C16H33N. The normalized spacial score (nSPS) is 33.4. The molecule has 0 aliphatic heterocycles. The summed E-state index contributed by atoms with van der Waals surface area (Å²) in [5.41, 5.74) is 7.18. The molecule has 1 fully saturated rings. The molecule has 1 nitrogen and oxygen atoms in total. The summed E-state index contributed by atoms with van der Waals surface area (Å²) >= 11 is 0. The summed E-state index contributed by atoms with van der Waals surface area (Å²) in [5.74, 6) is 0. The van der Waals surface area contributed by atoms with Crippen LogP contribution in [0.1, 0.15) is 85.5 Å². The third-order valence-corrected chi connectivity index (χ3v) is 5.28. The van der Waals surface area contributed by atoms with Crippen molar-refractivity contribution in [1.82, 2.24) is 0 Å². The van der Waals surface area contributed by atoms with Crippen LogP contribution in [0.2, 0.25) is 0 Å². The van der Waals surface area contributed by atoms with E-state index in [1.54, 1.807) is 0 Å². The zero-order valence-electron chi connectivity index (χ0n) is 12.5. The summed E-state index contributed by atoms with van der Waals surface area (Å²) in [5, 5.41) is 0. The SMILES string of the molecule is CCCC(C)(CC)CCC1(C)CCC(N)CC1. The molecular weight excluding hydrogens is 206 g/mol. The molecule has 1 aliphatic rings. The lowest BCUT2D eigenvalue weighted by Crippen LogP contribution is -2.33. The lowest BCUT2D eigenvalue weighted by Gasteiger charge is -2.39. The van der Waals surface area contributed by atoms with Crippen molar-refractivity contribution in [2.45, 2.75) is 91.5 Å². The fourth-order valence-electron chi connectivity index (χ4n) is 3.27. The van der Waals surface area contributed by atoms with Gasteiger partial charge in [0, 0.05) is 6.04 Å². The smallest absolute Gasteiger partial charge is 0.00392 e. The second-order valence-electron chi connectivity index (χ2n) is 7.06. The maximum absolute atomic E-state index is 6.01. The molecule has 0 amide bonds. The van der Waals surface area contributed by atoms with E-state index in [0.717, 1.165) is 0 Å². The van der Waals surface area contributed by atoms with Crippen LogP contribution in [0.3, 0.4) is 0 Å². The van der Waals surface area contributed by atoms with Crippen LogP contribution in [0.25, 0.3) is 0 Å². The molecule has 1 aliphatic carbocycles. The van der Waals surface area contributed by atoms with Gasteiger partial charge < -0.3 is 5.73 Å². The maximum atomic E-state index is 6.01. The van der Waals surface area contributed by atoms with E-state index in [1.807, 2.05) is 0 Å². The molecule has 0 spiro atoms. The molecule has 0 aromatic rings. The summed E-state index contributed by atoms with van der Waals surface area (Å²) < 4.78 is 0. The zero-order chi connectivity index (χ0) is 12.9. The Bertz CT molecular complexity index is 216. The van der Waals surface area contributed by atoms with Crippen molar-refractivity contribution in [3.05, 3.63) is 0 Å². The summed E-state index contributed by atoms with van der Waals surface area (Å²) in [7, 11) is 0. The highest BCUT2D eigenvalue weighted by atomic mass is 14.6. The first kappa shape index (κ1) is 15.0. The van der Waals surface area contributed by atoms with Crippen LogP contribution in [0.5, 0.6) is 0 Å². The van der Waals surface area contributed by atoms with E-state index in [-0.39, 0.29) is 0 Å². The van der Waals surface area contributed by atoms with E-state index in [1.165, 1.54) is 57.8 Å². The third-order valence-electron chi connectivity index (χ3n) is 5.28. The number of nitrogens with two attached hydrogens (primary N) is 1. The van der Waals surface area contributed by atoms with E-state index >= 15 is 0 Å². The van der Waals surface area contributed by atoms with Gasteiger partial charge in [-0.3, -0.25) is 0 Å². The summed E-state index contributed by atoms with van der Waals surface area (Å²) in [6.07, 6.45) is 12.0. The van der Waals surface area contributed by atoms with Gasteiger partial charge in [-0.1, -0.05) is 40.5 Å². The lowest BCUT2D eigenvalue weighted by molar-refractivity contribution is 0.139. The molecule has 1 unspecified atom stereocenters. The highest BCUT2D eigenvalue weighted by Gasteiger charge is 2.32. The molecule has 2 N–H and O–H groups in total. The van der Waals surface area contributed by atoms with Crippen molar-refractivity contribution in [1.29, 1.82) is 0 Å². The van der Waals surface area contributed by atoms with Gasteiger partial charge in [0.15, 0.2) is 0 Å². The third kappa shape index (κ3) is 4.62. The van der Waals surface area contributed by atoms with Gasteiger partial charge >= 0.3 is 0 Å². The number of hydrogen-bond acceptors (Lipinski definition) is 1. The van der Waals surface area contributed by atoms with Crippen LogP contribution in [0, 0.1) is 10.8 Å². The summed E-state index contributed by atoms with van der Waals surface area (Å²) in [6, 6.07) is 0.483. The standard InChI is InChI=1S/C16H33N/c1-5-9-15(3,6-2)12-13-16(4)10-7-14(17)8-11-16/h14H,5-13,17H2,1-4H3. The van der Waals surface area contributed by atoms with E-state index < -0.39 is 0 Å². The minimum absolute atomic E-state index is 0.483. The maximum Gasteiger partial charge on any atom is 0.00392 e. The van der Waals surface area contributed by atoms with Crippen molar-refractivity contribution in [3.8, 4) is 0 Å². The van der Waals surface area contributed by atoms with Gasteiger partial charge in [-0.15, -0.1) is 0 Å². The first-order chi connectivity index (χ1) is 7.93. The predicted octanol–water partition coefficient (Wildman–Crippen LogP) is 4.89. The van der Waals surface area contributed by atoms with E-state index in [2.05, 4.69) is 27.7 Å². The van der Waals surface area contributed by atoms with E-state index in [9.17, 15) is 0 Å². The molecule has 0 aromatic heterocycles. The Kier molecular flexibility index (Phi) is 5.50. The van der Waals surface area contributed by atoms with Crippen LogP contribution in [-0.4, -0.2) is 6.04 Å². The Balaban J connectivity index is 2.43. The second-order valence-corrected chi connectivity index (χ2v) is 7.06. The van der Waals surface area contributed by atoms with Crippen molar-refractivity contribution in [2.24, 2.45) is 16.6 Å². The lowest BCUT2D eigenvalue weighted by atomic mass is 9.67. The van der Waals surface area contributed by atoms with Gasteiger partial charge in [-0.25, -0.2) is 0 Å². The van der Waals surface area contributed by atoms with E-state index in [0.29, 0.717) is 16.9 Å². The minimum Gasteiger partial charge on any atom is -0.328 e. The Morgan fingerprint density at radius 3 is 2.24 bits per heavy atom. The predicted molar refractivity (Wildman–Crippen MR) is 77.1 cm³/mol. The van der Waals surface area contributed by atoms with Gasteiger partial charge in [-0.05, 0) is 55.8 Å². The Morgan fingerprint density at radius 1 is 1.18 bits per heavy atom. The summed E-state index contributed by atoms with van der Waals surface area (Å²) in [4.78, 5) is 0. The molecule has 1 atom stereocenters. The van der Waals surface area contributed by atoms with Crippen LogP contribution in [-0.2, 0) is 0 Å². The van der Waals surface area contributed by atoms with Gasteiger partial charge in [0.05, 0.1) is 0 Å². The van der Waals surface area contributed by atoms with Gasteiger partial charge in [0.2, 0.25) is 0 Å². The highest BCUT2D eigenvalue weighted by Crippen LogP contribution is 2.43. The van der Waals surface area contributed by atoms with Crippen LogP contribution in [0.15, 0.2) is 0 Å². The fourth-order valence-corrected chi connectivity index (χ4v) is 3.27. The van der Waals surface area contributed by atoms with Gasteiger partial charge in [-0.2, -0.15) is 0 Å². The molecule has 1 heteroatoms.